The van der Waals surface area contributed by atoms with Crippen LogP contribution in [0.1, 0.15) is 68.0 Å². The van der Waals surface area contributed by atoms with Crippen LogP contribution < -0.4 is 4.90 Å². The maximum Gasteiger partial charge on any atom is 0.410 e. The lowest BCUT2D eigenvalue weighted by molar-refractivity contribution is 0.0144. The molecule has 1 aromatic heterocycles. The molecule has 2 unspecified atom stereocenters. The van der Waals surface area contributed by atoms with Gasteiger partial charge in [-0.2, -0.15) is 5.26 Å². The van der Waals surface area contributed by atoms with Gasteiger partial charge in [0.25, 0.3) is 0 Å². The lowest BCUT2D eigenvalue weighted by Gasteiger charge is -2.43. The number of piperazine rings is 1. The van der Waals surface area contributed by atoms with Gasteiger partial charge in [0.2, 0.25) is 5.16 Å². The number of amides is 1. The lowest BCUT2D eigenvalue weighted by atomic mass is 9.69. The lowest BCUT2D eigenvalue weighted by Crippen LogP contribution is -2.56. The van der Waals surface area contributed by atoms with Gasteiger partial charge in [-0.3, -0.25) is 4.21 Å². The average molecular weight is 536 g/mol. The Kier molecular flexibility index (Phi) is 6.97. The number of carbonyl (C=O) groups excluding carboxylic acids is 1. The molecule has 1 amide bonds. The number of carbonyl (C=O) groups is 1. The molecule has 0 saturated carbocycles. The van der Waals surface area contributed by atoms with Crippen molar-refractivity contribution in [2.45, 2.75) is 88.4 Å². The number of anilines is 1. The number of aromatic nitrogens is 2. The summed E-state index contributed by atoms with van der Waals surface area (Å²) in [6.07, 6.45) is 6.32. The van der Waals surface area contributed by atoms with E-state index in [1.54, 1.807) is 11.2 Å². The summed E-state index contributed by atoms with van der Waals surface area (Å²) >= 11 is 0. The molecule has 1 saturated heterocycles. The minimum atomic E-state index is -1.33. The maximum atomic E-state index is 12.9. The van der Waals surface area contributed by atoms with E-state index in [0.717, 1.165) is 49.2 Å². The molecule has 5 rings (SSSR count). The normalized spacial score (nSPS) is 23.5. The van der Waals surface area contributed by atoms with Gasteiger partial charge >= 0.3 is 6.09 Å². The molecule has 1 fully saturated rings. The van der Waals surface area contributed by atoms with Crippen molar-refractivity contribution in [3.8, 4) is 6.07 Å². The van der Waals surface area contributed by atoms with Crippen LogP contribution in [0.15, 0.2) is 23.4 Å². The summed E-state index contributed by atoms with van der Waals surface area (Å²) in [5, 5.41) is 9.87. The van der Waals surface area contributed by atoms with Crippen LogP contribution in [0, 0.1) is 18.3 Å². The molecule has 2 heterocycles. The summed E-state index contributed by atoms with van der Waals surface area (Å²) in [7, 11) is -1.33. The molecule has 9 heteroatoms. The molecule has 38 heavy (non-hydrogen) atoms. The standard InChI is InChI=1S/C29H37N5O3S/c1-19-7-6-8-23-21(19)9-12-29(23)13-10-22-24(17-29)31-26(38(5)36)32-25(22)33-15-16-34(20(18-33)11-14-30)27(35)37-28(2,3)4/h6-8,20H,9-13,15-18H2,1-5H3/t20-,29?,38?/m0/s1. The van der Waals surface area contributed by atoms with Crippen molar-refractivity contribution < 1.29 is 13.7 Å². The van der Waals surface area contributed by atoms with E-state index in [4.69, 9.17) is 14.7 Å². The topological polar surface area (TPSA) is 99.4 Å². The molecule has 2 aromatic rings. The smallest absolute Gasteiger partial charge is 0.410 e. The van der Waals surface area contributed by atoms with Crippen molar-refractivity contribution in [1.29, 1.82) is 5.26 Å². The van der Waals surface area contributed by atoms with Gasteiger partial charge in [-0.25, -0.2) is 14.8 Å². The van der Waals surface area contributed by atoms with Crippen LogP contribution in [-0.4, -0.2) is 62.7 Å². The second-order valence-corrected chi connectivity index (χ2v) is 13.2. The summed E-state index contributed by atoms with van der Waals surface area (Å²) in [4.78, 5) is 26.4. The Hall–Kier alpha value is -2.99. The molecular weight excluding hydrogens is 498 g/mol. The number of hydrogen-bond donors (Lipinski definition) is 0. The van der Waals surface area contributed by atoms with E-state index < -0.39 is 22.5 Å². The minimum Gasteiger partial charge on any atom is -0.444 e. The van der Waals surface area contributed by atoms with Crippen molar-refractivity contribution in [1.82, 2.24) is 14.9 Å². The fourth-order valence-corrected chi connectivity index (χ4v) is 6.88. The highest BCUT2D eigenvalue weighted by Crippen LogP contribution is 2.49. The Labute approximate surface area is 227 Å². The third kappa shape index (κ3) is 4.91. The summed E-state index contributed by atoms with van der Waals surface area (Å²) in [6.45, 7) is 9.19. The number of hydrogen-bond acceptors (Lipinski definition) is 7. The molecule has 0 radical (unpaired) electrons. The molecule has 2 aliphatic carbocycles. The zero-order valence-corrected chi connectivity index (χ0v) is 23.9. The molecule has 1 aromatic carbocycles. The van der Waals surface area contributed by atoms with E-state index in [2.05, 4.69) is 36.1 Å². The first-order valence-corrected chi connectivity index (χ1v) is 15.0. The van der Waals surface area contributed by atoms with Crippen molar-refractivity contribution >= 4 is 22.7 Å². The molecule has 0 bridgehead atoms. The Morgan fingerprint density at radius 2 is 1.95 bits per heavy atom. The third-order valence-corrected chi connectivity index (χ3v) is 8.94. The zero-order chi connectivity index (χ0) is 27.2. The van der Waals surface area contributed by atoms with E-state index in [9.17, 15) is 14.3 Å². The van der Waals surface area contributed by atoms with Crippen LogP contribution in [0.25, 0.3) is 0 Å². The molecule has 202 valence electrons. The van der Waals surface area contributed by atoms with Crippen molar-refractivity contribution in [3.63, 3.8) is 0 Å². The fourth-order valence-electron chi connectivity index (χ4n) is 6.42. The van der Waals surface area contributed by atoms with Crippen LogP contribution >= 0.6 is 0 Å². The van der Waals surface area contributed by atoms with Gasteiger partial charge in [0.05, 0.1) is 35.0 Å². The maximum absolute atomic E-state index is 12.9. The highest BCUT2D eigenvalue weighted by atomic mass is 32.2. The van der Waals surface area contributed by atoms with Gasteiger partial charge in [-0.1, -0.05) is 18.2 Å². The van der Waals surface area contributed by atoms with Crippen molar-refractivity contribution in [3.05, 3.63) is 46.1 Å². The molecule has 1 spiro atoms. The number of fused-ring (bicyclic) bond motifs is 3. The first-order chi connectivity index (χ1) is 18.0. The number of benzene rings is 1. The number of rotatable bonds is 3. The van der Waals surface area contributed by atoms with E-state index in [-0.39, 0.29) is 17.9 Å². The van der Waals surface area contributed by atoms with Crippen LogP contribution in [0.3, 0.4) is 0 Å². The van der Waals surface area contributed by atoms with E-state index >= 15 is 0 Å². The summed E-state index contributed by atoms with van der Waals surface area (Å²) in [5.74, 6) is 0.810. The second kappa shape index (κ2) is 9.96. The number of nitriles is 1. The second-order valence-electron chi connectivity index (χ2n) is 11.9. The Balaban J connectivity index is 1.47. The molecular formula is C29H37N5O3S. The number of nitrogens with zero attached hydrogens (tertiary/aromatic N) is 5. The van der Waals surface area contributed by atoms with Crippen molar-refractivity contribution in [2.24, 2.45) is 0 Å². The Bertz CT molecular complexity index is 1330. The monoisotopic (exact) mass is 535 g/mol. The van der Waals surface area contributed by atoms with Gasteiger partial charge in [-0.15, -0.1) is 0 Å². The first-order valence-electron chi connectivity index (χ1n) is 13.4. The average Bonchev–Trinajstić information content (AvgIpc) is 3.21. The molecule has 8 nitrogen and oxygen atoms in total. The van der Waals surface area contributed by atoms with Crippen LogP contribution in [0.4, 0.5) is 10.6 Å². The van der Waals surface area contributed by atoms with Gasteiger partial charge in [0, 0.05) is 36.9 Å². The summed E-state index contributed by atoms with van der Waals surface area (Å²) < 4.78 is 18.2. The summed E-state index contributed by atoms with van der Waals surface area (Å²) in [6, 6.07) is 8.56. The van der Waals surface area contributed by atoms with Gasteiger partial charge < -0.3 is 14.5 Å². The molecule has 1 aliphatic heterocycles. The first kappa shape index (κ1) is 26.6. The minimum absolute atomic E-state index is 0.0607. The highest BCUT2D eigenvalue weighted by molar-refractivity contribution is 7.84. The van der Waals surface area contributed by atoms with Crippen LogP contribution in [-0.2, 0) is 40.2 Å². The van der Waals surface area contributed by atoms with E-state index in [1.165, 1.54) is 16.7 Å². The van der Waals surface area contributed by atoms with Gasteiger partial charge in [0.1, 0.15) is 11.4 Å². The highest BCUT2D eigenvalue weighted by Gasteiger charge is 2.44. The fraction of sp³-hybridized carbons (Fsp3) is 0.586. The van der Waals surface area contributed by atoms with Crippen LogP contribution in [0.5, 0.6) is 0 Å². The summed E-state index contributed by atoms with van der Waals surface area (Å²) in [5.41, 5.74) is 5.84. The Morgan fingerprint density at radius 3 is 2.63 bits per heavy atom. The predicted molar refractivity (Wildman–Crippen MR) is 147 cm³/mol. The SMILES string of the molecule is Cc1cccc2c1CCC21CCc2c(nc(S(C)=O)nc2N2CCN(C(=O)OC(C)(C)C)[C@@H](CC#N)C2)C1. The predicted octanol–water partition coefficient (Wildman–Crippen LogP) is 4.23. The zero-order valence-electron chi connectivity index (χ0n) is 23.0. The quantitative estimate of drug-likeness (QED) is 0.542. The van der Waals surface area contributed by atoms with Crippen LogP contribution in [0.2, 0.25) is 0 Å². The number of ether oxygens (including phenoxy) is 1. The van der Waals surface area contributed by atoms with E-state index in [0.29, 0.717) is 24.8 Å². The number of aryl methyl sites for hydroxylation is 1. The Morgan fingerprint density at radius 1 is 1.21 bits per heavy atom. The van der Waals surface area contributed by atoms with E-state index in [1.807, 2.05) is 20.8 Å². The molecule has 0 N–H and O–H groups in total. The van der Waals surface area contributed by atoms with Gasteiger partial charge in [0.15, 0.2) is 0 Å². The largest absolute Gasteiger partial charge is 0.444 e. The van der Waals surface area contributed by atoms with Crippen molar-refractivity contribution in [2.75, 3.05) is 30.8 Å². The van der Waals surface area contributed by atoms with Gasteiger partial charge in [-0.05, 0) is 76.5 Å². The third-order valence-electron chi connectivity index (χ3n) is 8.24. The molecule has 3 aliphatic rings. The molecule has 3 atom stereocenters.